The number of nitrogens with one attached hydrogen (secondary N) is 2. The number of hydrogen-bond acceptors (Lipinski definition) is 3. The van der Waals surface area contributed by atoms with Gasteiger partial charge >= 0.3 is 0 Å². The Kier molecular flexibility index (Phi) is 6.79. The second-order valence-electron chi connectivity index (χ2n) is 6.61. The zero-order chi connectivity index (χ0) is 17.4. The van der Waals surface area contributed by atoms with Crippen molar-refractivity contribution < 1.29 is 14.7 Å². The van der Waals surface area contributed by atoms with Gasteiger partial charge in [-0.3, -0.25) is 9.59 Å². The molecule has 0 radical (unpaired) electrons. The van der Waals surface area contributed by atoms with Gasteiger partial charge in [-0.05, 0) is 43.2 Å². The molecule has 132 valence electrons. The van der Waals surface area contributed by atoms with Crippen LogP contribution < -0.4 is 10.6 Å². The molecule has 1 unspecified atom stereocenters. The number of hydrogen-bond donors (Lipinski definition) is 3. The van der Waals surface area contributed by atoms with Crippen LogP contribution in [0.25, 0.3) is 0 Å². The van der Waals surface area contributed by atoms with Crippen LogP contribution >= 0.6 is 0 Å². The Morgan fingerprint density at radius 3 is 2.75 bits per heavy atom. The van der Waals surface area contributed by atoms with Crippen molar-refractivity contribution in [2.24, 2.45) is 0 Å². The summed E-state index contributed by atoms with van der Waals surface area (Å²) in [6, 6.07) is 7.94. The van der Waals surface area contributed by atoms with Crippen molar-refractivity contribution in [2.45, 2.75) is 57.5 Å². The van der Waals surface area contributed by atoms with Gasteiger partial charge in [0.25, 0.3) is 0 Å². The van der Waals surface area contributed by atoms with Crippen LogP contribution in [-0.2, 0) is 21.6 Å². The van der Waals surface area contributed by atoms with E-state index in [4.69, 9.17) is 0 Å². The molecule has 0 saturated carbocycles. The van der Waals surface area contributed by atoms with Gasteiger partial charge in [0.2, 0.25) is 11.8 Å². The Balaban J connectivity index is 1.71. The zero-order valence-corrected chi connectivity index (χ0v) is 14.4. The minimum Gasteiger partial charge on any atom is -0.383 e. The molecular formula is C19H28N2O3. The first-order chi connectivity index (χ1) is 11.5. The average Bonchev–Trinajstić information content (AvgIpc) is 2.56. The molecule has 0 spiro atoms. The summed E-state index contributed by atoms with van der Waals surface area (Å²) in [5.41, 5.74) is 1.18. The number of carbonyl (C=O) groups excluding carboxylic acids is 2. The summed E-state index contributed by atoms with van der Waals surface area (Å²) in [7, 11) is 0. The molecule has 1 aromatic rings. The van der Waals surface area contributed by atoms with Gasteiger partial charge in [-0.15, -0.1) is 0 Å². The first-order valence-electron chi connectivity index (χ1n) is 8.83. The van der Waals surface area contributed by atoms with Crippen LogP contribution in [-0.4, -0.2) is 30.0 Å². The minimum atomic E-state index is -0.949. The number of aliphatic hydroxyl groups is 1. The maximum atomic E-state index is 12.0. The lowest BCUT2D eigenvalue weighted by atomic mass is 9.79. The summed E-state index contributed by atoms with van der Waals surface area (Å²) < 4.78 is 0. The number of amides is 2. The highest BCUT2D eigenvalue weighted by Crippen LogP contribution is 2.34. The van der Waals surface area contributed by atoms with Crippen LogP contribution in [0.15, 0.2) is 24.3 Å². The van der Waals surface area contributed by atoms with E-state index in [9.17, 15) is 14.7 Å². The summed E-state index contributed by atoms with van der Waals surface area (Å²) in [5, 5.41) is 16.5. The van der Waals surface area contributed by atoms with E-state index in [1.54, 1.807) is 0 Å². The van der Waals surface area contributed by atoms with E-state index in [1.807, 2.05) is 18.2 Å². The van der Waals surface area contributed by atoms with E-state index in [0.717, 1.165) is 37.7 Å². The summed E-state index contributed by atoms with van der Waals surface area (Å²) in [4.78, 5) is 22.7. The monoisotopic (exact) mass is 332 g/mol. The molecule has 5 heteroatoms. The van der Waals surface area contributed by atoms with E-state index >= 15 is 0 Å². The summed E-state index contributed by atoms with van der Waals surface area (Å²) in [5.74, 6) is -0.0419. The molecule has 0 fully saturated rings. The molecule has 1 atom stereocenters. The van der Waals surface area contributed by atoms with Gasteiger partial charge in [0.05, 0.1) is 6.54 Å². The molecule has 5 nitrogen and oxygen atoms in total. The quantitative estimate of drug-likeness (QED) is 0.637. The molecule has 2 rings (SSSR count). The van der Waals surface area contributed by atoms with Crippen molar-refractivity contribution in [3.8, 4) is 0 Å². The summed E-state index contributed by atoms with van der Waals surface area (Å²) in [6.45, 7) is 2.43. The van der Waals surface area contributed by atoms with E-state index in [2.05, 4.69) is 16.7 Å². The Morgan fingerprint density at radius 2 is 1.96 bits per heavy atom. The Morgan fingerprint density at radius 1 is 1.17 bits per heavy atom. The molecule has 0 saturated heterocycles. The van der Waals surface area contributed by atoms with Crippen molar-refractivity contribution >= 4 is 11.8 Å². The third-order valence-corrected chi connectivity index (χ3v) is 4.59. The van der Waals surface area contributed by atoms with Crippen LogP contribution in [0, 0.1) is 0 Å². The largest absolute Gasteiger partial charge is 0.383 e. The summed E-state index contributed by atoms with van der Waals surface area (Å²) >= 11 is 0. The Bertz CT molecular complexity index is 573. The highest BCUT2D eigenvalue weighted by molar-refractivity contribution is 5.76. The smallest absolute Gasteiger partial charge is 0.220 e. The van der Waals surface area contributed by atoms with Crippen molar-refractivity contribution in [2.75, 3.05) is 13.1 Å². The predicted octanol–water partition coefficient (Wildman–Crippen LogP) is 2.02. The second-order valence-corrected chi connectivity index (χ2v) is 6.61. The van der Waals surface area contributed by atoms with Crippen LogP contribution in [0.2, 0.25) is 0 Å². The predicted molar refractivity (Wildman–Crippen MR) is 93.4 cm³/mol. The lowest BCUT2D eigenvalue weighted by Gasteiger charge is -2.34. The number of carbonyl (C=O) groups is 2. The third-order valence-electron chi connectivity index (χ3n) is 4.59. The first kappa shape index (κ1) is 18.5. The van der Waals surface area contributed by atoms with Crippen molar-refractivity contribution in [3.05, 3.63) is 35.4 Å². The topological polar surface area (TPSA) is 78.4 Å². The molecule has 24 heavy (non-hydrogen) atoms. The standard InChI is InChI=1S/C19H28N2O3/c1-15(22)20-13-6-2-3-11-18(23)21-14-19(24)12-7-9-16-8-4-5-10-17(16)19/h4-5,8,10,24H,2-3,6-7,9,11-14H2,1H3,(H,20,22)(H,21,23). The molecule has 1 aliphatic rings. The fraction of sp³-hybridized carbons (Fsp3) is 0.579. The van der Waals surface area contributed by atoms with Gasteiger partial charge in [0.1, 0.15) is 5.60 Å². The molecule has 0 aliphatic heterocycles. The van der Waals surface area contributed by atoms with E-state index in [0.29, 0.717) is 19.4 Å². The molecule has 2 amide bonds. The van der Waals surface area contributed by atoms with Crippen molar-refractivity contribution in [3.63, 3.8) is 0 Å². The van der Waals surface area contributed by atoms with Gasteiger partial charge < -0.3 is 15.7 Å². The van der Waals surface area contributed by atoms with Gasteiger partial charge in [0.15, 0.2) is 0 Å². The molecule has 0 aromatic heterocycles. The number of unbranched alkanes of at least 4 members (excludes halogenated alkanes) is 2. The lowest BCUT2D eigenvalue weighted by molar-refractivity contribution is -0.123. The van der Waals surface area contributed by atoms with Gasteiger partial charge in [-0.2, -0.15) is 0 Å². The second kappa shape index (κ2) is 8.83. The normalized spacial score (nSPS) is 19.4. The summed E-state index contributed by atoms with van der Waals surface area (Å²) in [6.07, 6.45) is 5.64. The van der Waals surface area contributed by atoms with Crippen LogP contribution in [0.5, 0.6) is 0 Å². The molecule has 1 aromatic carbocycles. The number of aryl methyl sites for hydroxylation is 1. The van der Waals surface area contributed by atoms with Gasteiger partial charge in [-0.25, -0.2) is 0 Å². The van der Waals surface area contributed by atoms with Crippen molar-refractivity contribution in [1.82, 2.24) is 10.6 Å². The lowest BCUT2D eigenvalue weighted by Crippen LogP contribution is -2.42. The first-order valence-corrected chi connectivity index (χ1v) is 8.83. The fourth-order valence-electron chi connectivity index (χ4n) is 3.27. The van der Waals surface area contributed by atoms with E-state index in [-0.39, 0.29) is 18.4 Å². The van der Waals surface area contributed by atoms with Crippen LogP contribution in [0.3, 0.4) is 0 Å². The Hall–Kier alpha value is -1.88. The SMILES string of the molecule is CC(=O)NCCCCCC(=O)NCC1(O)CCCc2ccccc21. The van der Waals surface area contributed by atoms with Crippen molar-refractivity contribution in [1.29, 1.82) is 0 Å². The minimum absolute atomic E-state index is 0.0197. The van der Waals surface area contributed by atoms with Crippen LogP contribution in [0.1, 0.15) is 56.6 Å². The number of benzene rings is 1. The highest BCUT2D eigenvalue weighted by Gasteiger charge is 2.34. The average molecular weight is 332 g/mol. The van der Waals surface area contributed by atoms with E-state index < -0.39 is 5.60 Å². The Labute approximate surface area is 143 Å². The molecule has 0 heterocycles. The number of rotatable bonds is 8. The zero-order valence-electron chi connectivity index (χ0n) is 14.4. The fourth-order valence-corrected chi connectivity index (χ4v) is 3.27. The van der Waals surface area contributed by atoms with Gasteiger partial charge in [-0.1, -0.05) is 30.7 Å². The van der Waals surface area contributed by atoms with Gasteiger partial charge in [0, 0.05) is 19.9 Å². The molecule has 3 N–H and O–H groups in total. The van der Waals surface area contributed by atoms with E-state index in [1.165, 1.54) is 12.5 Å². The molecule has 1 aliphatic carbocycles. The maximum Gasteiger partial charge on any atom is 0.220 e. The highest BCUT2D eigenvalue weighted by atomic mass is 16.3. The molecule has 0 bridgehead atoms. The third kappa shape index (κ3) is 5.34. The maximum absolute atomic E-state index is 12.0. The molecular weight excluding hydrogens is 304 g/mol. The van der Waals surface area contributed by atoms with Crippen LogP contribution in [0.4, 0.5) is 0 Å². The number of fused-ring (bicyclic) bond motifs is 1.